The maximum absolute atomic E-state index is 6.03. The van der Waals surface area contributed by atoms with E-state index in [0.29, 0.717) is 6.04 Å². The standard InChI is InChI=1S/C16H24ClNS/c1-12-6-8-13(9-7-12)16(18-2)11-19-15-5-3-4-14(17)10-15/h3-5,10,12-13,16,18H,6-9,11H2,1-2H3. The van der Waals surface area contributed by atoms with Gasteiger partial charge in [0.25, 0.3) is 0 Å². The molecule has 19 heavy (non-hydrogen) atoms. The first-order valence-electron chi connectivity index (χ1n) is 7.24. The molecule has 0 aromatic heterocycles. The highest BCUT2D eigenvalue weighted by Gasteiger charge is 2.25. The van der Waals surface area contributed by atoms with Crippen LogP contribution in [0, 0.1) is 11.8 Å². The van der Waals surface area contributed by atoms with Gasteiger partial charge in [-0.25, -0.2) is 0 Å². The van der Waals surface area contributed by atoms with Crippen molar-refractivity contribution in [2.45, 2.75) is 43.5 Å². The Hall–Kier alpha value is -0.180. The molecular formula is C16H24ClNS. The zero-order valence-corrected chi connectivity index (χ0v) is 13.4. The lowest BCUT2D eigenvalue weighted by Gasteiger charge is -2.32. The Bertz CT molecular complexity index is 388. The van der Waals surface area contributed by atoms with E-state index in [9.17, 15) is 0 Å². The first-order valence-corrected chi connectivity index (χ1v) is 8.61. The van der Waals surface area contributed by atoms with Crippen molar-refractivity contribution in [3.05, 3.63) is 29.3 Å². The van der Waals surface area contributed by atoms with E-state index in [1.54, 1.807) is 0 Å². The summed E-state index contributed by atoms with van der Waals surface area (Å²) in [4.78, 5) is 1.27. The molecule has 1 saturated carbocycles. The van der Waals surface area contributed by atoms with Gasteiger partial charge in [0, 0.05) is 21.7 Å². The zero-order chi connectivity index (χ0) is 13.7. The van der Waals surface area contributed by atoms with Gasteiger partial charge >= 0.3 is 0 Å². The Labute approximate surface area is 126 Å². The molecule has 1 N–H and O–H groups in total. The molecule has 0 saturated heterocycles. The summed E-state index contributed by atoms with van der Waals surface area (Å²) in [7, 11) is 2.10. The third-order valence-electron chi connectivity index (χ3n) is 4.23. The van der Waals surface area contributed by atoms with Crippen LogP contribution in [-0.4, -0.2) is 18.8 Å². The Morgan fingerprint density at radius 1 is 1.32 bits per heavy atom. The molecular weight excluding hydrogens is 274 g/mol. The van der Waals surface area contributed by atoms with Crippen LogP contribution in [0.5, 0.6) is 0 Å². The quantitative estimate of drug-likeness (QED) is 0.780. The van der Waals surface area contributed by atoms with Crippen LogP contribution in [0.25, 0.3) is 0 Å². The lowest BCUT2D eigenvalue weighted by Crippen LogP contribution is -2.37. The SMILES string of the molecule is CNC(CSc1cccc(Cl)c1)C1CCC(C)CC1. The van der Waals surface area contributed by atoms with E-state index in [2.05, 4.69) is 31.4 Å². The molecule has 0 amide bonds. The van der Waals surface area contributed by atoms with Crippen LogP contribution in [0.3, 0.4) is 0 Å². The van der Waals surface area contributed by atoms with E-state index >= 15 is 0 Å². The van der Waals surface area contributed by atoms with Gasteiger partial charge in [0.1, 0.15) is 0 Å². The first kappa shape index (κ1) is 15.2. The van der Waals surface area contributed by atoms with E-state index in [0.717, 1.165) is 22.6 Å². The number of hydrogen-bond donors (Lipinski definition) is 1. The molecule has 2 rings (SSSR count). The highest BCUT2D eigenvalue weighted by molar-refractivity contribution is 7.99. The van der Waals surface area contributed by atoms with Crippen LogP contribution < -0.4 is 5.32 Å². The van der Waals surface area contributed by atoms with Gasteiger partial charge in [-0.1, -0.05) is 37.4 Å². The first-order chi connectivity index (χ1) is 9.19. The molecule has 106 valence electrons. The van der Waals surface area contributed by atoms with Crippen molar-refractivity contribution in [3.63, 3.8) is 0 Å². The summed E-state index contributed by atoms with van der Waals surface area (Å²) in [6, 6.07) is 8.79. The summed E-state index contributed by atoms with van der Waals surface area (Å²) < 4.78 is 0. The van der Waals surface area contributed by atoms with Crippen molar-refractivity contribution in [2.24, 2.45) is 11.8 Å². The van der Waals surface area contributed by atoms with Crippen LogP contribution in [0.1, 0.15) is 32.6 Å². The van der Waals surface area contributed by atoms with E-state index in [1.165, 1.54) is 30.6 Å². The number of thioether (sulfide) groups is 1. The van der Waals surface area contributed by atoms with Crippen LogP contribution >= 0.6 is 23.4 Å². The molecule has 0 aliphatic heterocycles. The lowest BCUT2D eigenvalue weighted by molar-refractivity contribution is 0.248. The molecule has 1 aliphatic rings. The Balaban J connectivity index is 1.85. The van der Waals surface area contributed by atoms with Crippen molar-refractivity contribution in [2.75, 3.05) is 12.8 Å². The van der Waals surface area contributed by atoms with Crippen molar-refractivity contribution in [1.82, 2.24) is 5.32 Å². The predicted octanol–water partition coefficient (Wildman–Crippen LogP) is 4.85. The maximum atomic E-state index is 6.03. The van der Waals surface area contributed by atoms with Gasteiger partial charge in [0.05, 0.1) is 0 Å². The topological polar surface area (TPSA) is 12.0 Å². The van der Waals surface area contributed by atoms with E-state index in [4.69, 9.17) is 11.6 Å². The van der Waals surface area contributed by atoms with Crippen LogP contribution in [-0.2, 0) is 0 Å². The molecule has 1 aromatic rings. The number of halogens is 1. The molecule has 1 aromatic carbocycles. The number of nitrogens with one attached hydrogen (secondary N) is 1. The minimum absolute atomic E-state index is 0.622. The van der Waals surface area contributed by atoms with E-state index < -0.39 is 0 Å². The van der Waals surface area contributed by atoms with Crippen molar-refractivity contribution in [3.8, 4) is 0 Å². The van der Waals surface area contributed by atoms with Gasteiger partial charge in [-0.2, -0.15) is 0 Å². The van der Waals surface area contributed by atoms with Crippen LogP contribution in [0.2, 0.25) is 5.02 Å². The maximum Gasteiger partial charge on any atom is 0.0417 e. The summed E-state index contributed by atoms with van der Waals surface area (Å²) >= 11 is 7.94. The summed E-state index contributed by atoms with van der Waals surface area (Å²) in [5.41, 5.74) is 0. The zero-order valence-electron chi connectivity index (χ0n) is 11.9. The minimum Gasteiger partial charge on any atom is -0.316 e. The minimum atomic E-state index is 0.622. The normalized spacial score (nSPS) is 25.2. The smallest absolute Gasteiger partial charge is 0.0417 e. The van der Waals surface area contributed by atoms with Gasteiger partial charge < -0.3 is 5.32 Å². The van der Waals surface area contributed by atoms with E-state index in [1.807, 2.05) is 23.9 Å². The van der Waals surface area contributed by atoms with E-state index in [-0.39, 0.29) is 0 Å². The van der Waals surface area contributed by atoms with Crippen molar-refractivity contribution >= 4 is 23.4 Å². The highest BCUT2D eigenvalue weighted by atomic mass is 35.5. The second kappa shape index (κ2) is 7.56. The van der Waals surface area contributed by atoms with Crippen LogP contribution in [0.15, 0.2) is 29.2 Å². The van der Waals surface area contributed by atoms with Crippen LogP contribution in [0.4, 0.5) is 0 Å². The second-order valence-electron chi connectivity index (χ2n) is 5.68. The third kappa shape index (κ3) is 4.70. The molecule has 1 atom stereocenters. The number of benzene rings is 1. The monoisotopic (exact) mass is 297 g/mol. The summed E-state index contributed by atoms with van der Waals surface area (Å²) in [6.07, 6.45) is 5.54. The van der Waals surface area contributed by atoms with Crippen molar-refractivity contribution < 1.29 is 0 Å². The fraction of sp³-hybridized carbons (Fsp3) is 0.625. The average Bonchev–Trinajstić information content (AvgIpc) is 2.41. The molecule has 1 aliphatic carbocycles. The van der Waals surface area contributed by atoms with Gasteiger partial charge in [0.2, 0.25) is 0 Å². The molecule has 0 bridgehead atoms. The number of rotatable bonds is 5. The molecule has 1 fully saturated rings. The highest BCUT2D eigenvalue weighted by Crippen LogP contribution is 2.32. The molecule has 0 heterocycles. The van der Waals surface area contributed by atoms with Gasteiger partial charge in [-0.05, 0) is 49.9 Å². The summed E-state index contributed by atoms with van der Waals surface area (Å²) in [5, 5.41) is 4.35. The Morgan fingerprint density at radius 2 is 2.05 bits per heavy atom. The summed E-state index contributed by atoms with van der Waals surface area (Å²) in [5.74, 6) is 2.90. The summed E-state index contributed by atoms with van der Waals surface area (Å²) in [6.45, 7) is 2.38. The van der Waals surface area contributed by atoms with Gasteiger partial charge in [-0.15, -0.1) is 11.8 Å². The molecule has 1 nitrogen and oxygen atoms in total. The van der Waals surface area contributed by atoms with Gasteiger partial charge in [0.15, 0.2) is 0 Å². The molecule has 0 radical (unpaired) electrons. The van der Waals surface area contributed by atoms with Gasteiger partial charge in [-0.3, -0.25) is 0 Å². The lowest BCUT2D eigenvalue weighted by atomic mass is 9.80. The predicted molar refractivity (Wildman–Crippen MR) is 86.1 cm³/mol. The number of hydrogen-bond acceptors (Lipinski definition) is 2. The molecule has 0 spiro atoms. The fourth-order valence-electron chi connectivity index (χ4n) is 2.89. The fourth-order valence-corrected chi connectivity index (χ4v) is 4.34. The third-order valence-corrected chi connectivity index (χ3v) is 5.57. The Kier molecular flexibility index (Phi) is 6.06. The largest absolute Gasteiger partial charge is 0.316 e. The second-order valence-corrected chi connectivity index (χ2v) is 7.21. The molecule has 3 heteroatoms. The molecule has 1 unspecified atom stereocenters. The Morgan fingerprint density at radius 3 is 2.68 bits per heavy atom. The van der Waals surface area contributed by atoms with Crippen molar-refractivity contribution in [1.29, 1.82) is 0 Å². The average molecular weight is 298 g/mol.